The van der Waals surface area contributed by atoms with E-state index in [1.807, 2.05) is 6.07 Å². The van der Waals surface area contributed by atoms with Gasteiger partial charge in [-0.3, -0.25) is 0 Å². The predicted octanol–water partition coefficient (Wildman–Crippen LogP) is -0.817. The van der Waals surface area contributed by atoms with Crippen molar-refractivity contribution in [3.63, 3.8) is 0 Å². The van der Waals surface area contributed by atoms with Crippen LogP contribution in [0.5, 0.6) is 0 Å². The number of nitriles is 1. The fourth-order valence-electron chi connectivity index (χ4n) is 1.50. The Morgan fingerprint density at radius 1 is 1.56 bits per heavy atom. The molecule has 0 spiro atoms. The van der Waals surface area contributed by atoms with Crippen LogP contribution in [0.15, 0.2) is 0 Å². The topological polar surface area (TPSA) is 71.7 Å². The van der Waals surface area contributed by atoms with Crippen molar-refractivity contribution in [3.05, 3.63) is 0 Å². The number of hydrogen-bond acceptors (Lipinski definition) is 5. The summed E-state index contributed by atoms with van der Waals surface area (Å²) >= 11 is 0. The van der Waals surface area contributed by atoms with Gasteiger partial charge in [0, 0.05) is 45.8 Å². The molecule has 0 aromatic heterocycles. The first kappa shape index (κ1) is 16.5. The van der Waals surface area contributed by atoms with Crippen LogP contribution < -0.4 is 0 Å². The molecular weight excluding hydrogens is 286 g/mol. The Kier molecular flexibility index (Phi) is 8.84. The molecule has 0 aliphatic carbocycles. The summed E-state index contributed by atoms with van der Waals surface area (Å²) in [5, 5.41) is 18.1. The molecule has 1 aliphatic heterocycles. The number of rotatable bonds is 5. The van der Waals surface area contributed by atoms with Crippen molar-refractivity contribution in [1.29, 1.82) is 5.26 Å². The second-order valence-electron chi connectivity index (χ2n) is 3.33. The van der Waals surface area contributed by atoms with Gasteiger partial charge in [-0.2, -0.15) is 5.26 Å². The van der Waals surface area contributed by atoms with Crippen molar-refractivity contribution in [2.24, 2.45) is 0 Å². The molecule has 1 heterocycles. The third-order valence-electron chi connectivity index (χ3n) is 2.23. The molecule has 1 fully saturated rings. The molecule has 1 N–H and O–H groups in total. The van der Waals surface area contributed by atoms with Gasteiger partial charge in [0.15, 0.2) is 0 Å². The van der Waals surface area contributed by atoms with Crippen molar-refractivity contribution in [3.8, 4) is 6.07 Å². The zero-order valence-electron chi connectivity index (χ0n) is 9.20. The maximum Gasteiger partial charge on any atom is 0.112 e. The van der Waals surface area contributed by atoms with Gasteiger partial charge in [-0.25, -0.2) is 0 Å². The van der Waals surface area contributed by atoms with Gasteiger partial charge in [0.2, 0.25) is 0 Å². The summed E-state index contributed by atoms with van der Waals surface area (Å²) in [5.41, 5.74) is 0. The van der Waals surface area contributed by atoms with E-state index < -0.39 is 24.3 Å². The molecule has 3 radical (unpaired) electrons. The Hall–Kier alpha value is 0.499. The van der Waals surface area contributed by atoms with Gasteiger partial charge in [0.05, 0.1) is 25.7 Å². The molecule has 16 heavy (non-hydrogen) atoms. The number of aliphatic hydroxyl groups excluding tert-OH is 1. The normalized spacial score (nSPS) is 33.1. The van der Waals surface area contributed by atoms with Crippen molar-refractivity contribution in [2.75, 3.05) is 20.3 Å². The predicted molar refractivity (Wildman–Crippen MR) is 52.3 cm³/mol. The van der Waals surface area contributed by atoms with Crippen LogP contribution >= 0.6 is 0 Å². The second-order valence-corrected chi connectivity index (χ2v) is 3.33. The molecule has 0 aromatic carbocycles. The first-order valence-electron chi connectivity index (χ1n) is 4.77. The van der Waals surface area contributed by atoms with E-state index in [4.69, 9.17) is 27.3 Å². The van der Waals surface area contributed by atoms with Gasteiger partial charge in [-0.05, 0) is 0 Å². The molecule has 7 heteroatoms. The molecule has 1 rings (SSSR count). The summed E-state index contributed by atoms with van der Waals surface area (Å²) in [7, 11) is 7.15. The van der Waals surface area contributed by atoms with E-state index in [2.05, 4.69) is 0 Å². The van der Waals surface area contributed by atoms with Crippen LogP contribution in [0.3, 0.4) is 0 Å². The van der Waals surface area contributed by atoms with Crippen LogP contribution in [0.2, 0.25) is 0 Å². The van der Waals surface area contributed by atoms with Crippen molar-refractivity contribution >= 4 is 7.85 Å². The molecule has 1 aliphatic rings. The summed E-state index contributed by atoms with van der Waals surface area (Å²) in [5.74, 6) is 0. The average molecular weight is 300 g/mol. The minimum absolute atomic E-state index is 0. The van der Waals surface area contributed by atoms with Crippen molar-refractivity contribution in [2.45, 2.75) is 30.7 Å². The Bertz CT molecular complexity index is 238. The van der Waals surface area contributed by atoms with E-state index in [0.717, 1.165) is 0 Å². The van der Waals surface area contributed by atoms with Crippen molar-refractivity contribution < 1.29 is 52.0 Å². The van der Waals surface area contributed by atoms with Crippen LogP contribution in [-0.2, 0) is 46.9 Å². The Morgan fingerprint density at radius 3 is 2.81 bits per heavy atom. The van der Waals surface area contributed by atoms with Crippen LogP contribution in [0, 0.1) is 11.3 Å². The van der Waals surface area contributed by atoms with E-state index in [9.17, 15) is 5.11 Å². The quantitative estimate of drug-likeness (QED) is 0.531. The van der Waals surface area contributed by atoms with Crippen LogP contribution in [0.4, 0.5) is 0 Å². The maximum atomic E-state index is 9.76. The third kappa shape index (κ3) is 4.40. The molecule has 0 saturated carbocycles. The van der Waals surface area contributed by atoms with Crippen molar-refractivity contribution in [1.82, 2.24) is 0 Å². The van der Waals surface area contributed by atoms with Gasteiger partial charge in [0.1, 0.15) is 26.2 Å². The van der Waals surface area contributed by atoms with Crippen LogP contribution in [0.1, 0.15) is 6.42 Å². The zero-order valence-corrected chi connectivity index (χ0v) is 12.0. The molecule has 4 atom stereocenters. The number of aliphatic hydroxyl groups is 1. The van der Waals surface area contributed by atoms with Gasteiger partial charge < -0.3 is 19.3 Å². The Morgan fingerprint density at radius 2 is 2.25 bits per heavy atom. The largest absolute Gasteiger partial charge is 0.388 e. The zero-order chi connectivity index (χ0) is 11.3. The summed E-state index contributed by atoms with van der Waals surface area (Å²) in [6, 6.07) is 1.28. The minimum Gasteiger partial charge on any atom is -0.388 e. The van der Waals surface area contributed by atoms with Crippen LogP contribution in [-0.4, -0.2) is 57.6 Å². The van der Waals surface area contributed by atoms with Gasteiger partial charge >= 0.3 is 0 Å². The molecular formula is C9H14BNO4Y. The molecule has 0 bridgehead atoms. The van der Waals surface area contributed by atoms with E-state index in [0.29, 0.717) is 0 Å². The van der Waals surface area contributed by atoms with Gasteiger partial charge in [0.25, 0.3) is 0 Å². The van der Waals surface area contributed by atoms with E-state index in [1.54, 1.807) is 0 Å². The summed E-state index contributed by atoms with van der Waals surface area (Å²) in [6.07, 6.45) is -1.58. The fraction of sp³-hybridized carbons (Fsp3) is 0.889. The third-order valence-corrected chi connectivity index (χ3v) is 2.23. The fourth-order valence-corrected chi connectivity index (χ4v) is 1.50. The number of ether oxygens (including phenoxy) is 3. The van der Waals surface area contributed by atoms with Gasteiger partial charge in [-0.1, -0.05) is 0 Å². The van der Waals surface area contributed by atoms with E-state index >= 15 is 0 Å². The van der Waals surface area contributed by atoms with E-state index in [1.165, 1.54) is 7.11 Å². The first-order chi connectivity index (χ1) is 7.20. The first-order valence-corrected chi connectivity index (χ1v) is 4.77. The Labute approximate surface area is 122 Å². The number of methoxy groups -OCH3 is 1. The number of nitrogens with zero attached hydrogens (tertiary/aromatic N) is 1. The van der Waals surface area contributed by atoms with Crippen LogP contribution in [0.25, 0.3) is 0 Å². The molecule has 5 nitrogen and oxygen atoms in total. The Balaban J connectivity index is 0.00000225. The van der Waals surface area contributed by atoms with Gasteiger partial charge in [-0.15, -0.1) is 0 Å². The van der Waals surface area contributed by atoms with E-state index in [-0.39, 0.29) is 52.3 Å². The summed E-state index contributed by atoms with van der Waals surface area (Å²) in [4.78, 5) is 0. The molecule has 85 valence electrons. The summed E-state index contributed by atoms with van der Waals surface area (Å²) < 4.78 is 15.4. The standard InChI is InChI=1S/C9H14BNO4.Y/c1-13-5-6-7(12)8(9(10)15-6)14-4-2-3-11;/h6-9,12H,2,4-5H2,1H3;/t6-,7?,8+,9-;/m1./s1. The average Bonchev–Trinajstić information content (AvgIpc) is 2.46. The number of hydrogen-bond donors (Lipinski definition) is 1. The SMILES string of the molecule is [B][C@@H]1O[C@H](COC)C(O)[C@@H]1OCCC#N.[Y]. The minimum atomic E-state index is -0.807. The second kappa shape index (κ2) is 8.57. The molecule has 0 amide bonds. The summed E-state index contributed by atoms with van der Waals surface area (Å²) in [6.45, 7) is 0.516. The maximum absolute atomic E-state index is 9.76. The molecule has 1 saturated heterocycles. The smallest absolute Gasteiger partial charge is 0.112 e. The molecule has 0 aromatic rings. The molecule has 1 unspecified atom stereocenters. The monoisotopic (exact) mass is 300 g/mol.